The third-order valence-corrected chi connectivity index (χ3v) is 10.9. The highest BCUT2D eigenvalue weighted by Crippen LogP contribution is 2.39. The van der Waals surface area contributed by atoms with Gasteiger partial charge >= 0.3 is 6.09 Å². The number of benzene rings is 2. The van der Waals surface area contributed by atoms with Gasteiger partial charge in [0.25, 0.3) is 0 Å². The smallest absolute Gasteiger partial charge is 0.417 e. The summed E-state index contributed by atoms with van der Waals surface area (Å²) in [6.07, 6.45) is -4.75. The highest BCUT2D eigenvalue weighted by molar-refractivity contribution is 9.11. The second-order valence-electron chi connectivity index (χ2n) is 14.8. The van der Waals surface area contributed by atoms with Crippen LogP contribution in [0.5, 0.6) is 0 Å². The van der Waals surface area contributed by atoms with Crippen molar-refractivity contribution >= 4 is 33.7 Å². The number of halogens is 1. The van der Waals surface area contributed by atoms with Crippen molar-refractivity contribution in [3.8, 4) is 0 Å². The summed E-state index contributed by atoms with van der Waals surface area (Å²) in [5, 5.41) is 22.0. The molecule has 14 heteroatoms. The first kappa shape index (κ1) is 42.1. The second-order valence-corrected chi connectivity index (χ2v) is 15.7. The predicted molar refractivity (Wildman–Crippen MR) is 199 cm³/mol. The molecule has 13 nitrogen and oxygen atoms in total. The summed E-state index contributed by atoms with van der Waals surface area (Å²) in [6.45, 7) is 8.94. The molecule has 0 spiro atoms. The number of ether oxygens (including phenoxy) is 7. The van der Waals surface area contributed by atoms with Gasteiger partial charge in [-0.2, -0.15) is 0 Å². The van der Waals surface area contributed by atoms with Crippen LogP contribution in [0.15, 0.2) is 71.2 Å². The lowest BCUT2D eigenvalue weighted by molar-refractivity contribution is -0.320. The summed E-state index contributed by atoms with van der Waals surface area (Å²) in [7, 11) is 1.47. The molecule has 54 heavy (non-hydrogen) atoms. The molecule has 296 valence electrons. The molecule has 0 bridgehead atoms. The van der Waals surface area contributed by atoms with Crippen LogP contribution < -0.4 is 0 Å². The molecule has 2 aromatic rings. The number of aliphatic hydroxyl groups excluding tert-OH is 1. The maximum absolute atomic E-state index is 13.8. The van der Waals surface area contributed by atoms with Crippen molar-refractivity contribution in [2.75, 3.05) is 20.3 Å². The van der Waals surface area contributed by atoms with E-state index in [0.29, 0.717) is 0 Å². The molecule has 0 aliphatic carbocycles. The quantitative estimate of drug-likeness (QED) is 0.218. The first-order chi connectivity index (χ1) is 25.7. The summed E-state index contributed by atoms with van der Waals surface area (Å²) >= 11 is 3.30. The van der Waals surface area contributed by atoms with Crippen LogP contribution in [0.25, 0.3) is 0 Å². The Morgan fingerprint density at radius 3 is 2.07 bits per heavy atom. The van der Waals surface area contributed by atoms with Crippen molar-refractivity contribution in [2.24, 2.45) is 11.8 Å². The number of carbonyl (C=O) groups excluding carboxylic acids is 3. The number of nitrogens with zero attached hydrogens (tertiary/aromatic N) is 1. The molecule has 2 saturated heterocycles. The number of amides is 2. The van der Waals surface area contributed by atoms with Crippen LogP contribution in [-0.2, 0) is 56.0 Å². The SMILES string of the molecule is COC1OC(CO)C(OCc2ccccc2)C(OCc2ccccc2)C1OCCCC1(O)OC(C(C)C(=O)N2C(=O)OC(C)(C)C2C(C)C)C(=O)C=C1Br. The van der Waals surface area contributed by atoms with E-state index in [0.717, 1.165) is 16.0 Å². The van der Waals surface area contributed by atoms with Gasteiger partial charge in [0, 0.05) is 20.1 Å². The fourth-order valence-electron chi connectivity index (χ4n) is 7.45. The Morgan fingerprint density at radius 1 is 0.926 bits per heavy atom. The molecule has 0 radical (unpaired) electrons. The molecule has 0 saturated carbocycles. The van der Waals surface area contributed by atoms with Crippen LogP contribution in [0.1, 0.15) is 58.6 Å². The number of cyclic esters (lactones) is 1. The molecule has 2 amide bonds. The van der Waals surface area contributed by atoms with E-state index in [2.05, 4.69) is 15.9 Å². The van der Waals surface area contributed by atoms with Crippen molar-refractivity contribution in [1.29, 1.82) is 0 Å². The number of imide groups is 1. The molecule has 2 N–H and O–H groups in total. The lowest BCUT2D eigenvalue weighted by Crippen LogP contribution is -2.61. The lowest BCUT2D eigenvalue weighted by atomic mass is 9.87. The Kier molecular flexibility index (Phi) is 14.2. The number of rotatable bonds is 16. The largest absolute Gasteiger partial charge is 0.441 e. The van der Waals surface area contributed by atoms with Gasteiger partial charge in [-0.15, -0.1) is 0 Å². The normalized spacial score (nSPS) is 30.3. The first-order valence-corrected chi connectivity index (χ1v) is 19.1. The third-order valence-electron chi connectivity index (χ3n) is 10.0. The summed E-state index contributed by atoms with van der Waals surface area (Å²) in [5.74, 6) is -4.37. The number of hydrogen-bond donors (Lipinski definition) is 2. The van der Waals surface area contributed by atoms with Crippen molar-refractivity contribution in [1.82, 2.24) is 4.90 Å². The fourth-order valence-corrected chi connectivity index (χ4v) is 7.97. The van der Waals surface area contributed by atoms with Crippen LogP contribution in [0.2, 0.25) is 0 Å². The van der Waals surface area contributed by atoms with Crippen LogP contribution >= 0.6 is 15.9 Å². The monoisotopic (exact) mass is 817 g/mol. The van der Waals surface area contributed by atoms with Gasteiger partial charge in [0.05, 0.1) is 36.3 Å². The zero-order valence-corrected chi connectivity index (χ0v) is 33.2. The molecule has 9 atom stereocenters. The van der Waals surface area contributed by atoms with Gasteiger partial charge in [0.15, 0.2) is 17.9 Å². The maximum atomic E-state index is 13.8. The van der Waals surface area contributed by atoms with Crippen molar-refractivity contribution < 1.29 is 57.8 Å². The zero-order valence-electron chi connectivity index (χ0n) is 31.6. The molecule has 5 rings (SSSR count). The Bertz CT molecular complexity index is 1610. The number of aliphatic hydroxyl groups is 2. The van der Waals surface area contributed by atoms with E-state index in [1.807, 2.05) is 74.5 Å². The van der Waals surface area contributed by atoms with Gasteiger partial charge in [-0.1, -0.05) is 81.4 Å². The summed E-state index contributed by atoms with van der Waals surface area (Å²) in [6, 6.07) is 18.7. The number of ketones is 1. The van der Waals surface area contributed by atoms with E-state index < -0.39 is 77.9 Å². The van der Waals surface area contributed by atoms with Crippen molar-refractivity contribution in [3.63, 3.8) is 0 Å². The molecular formula is C40H52BrNO12. The summed E-state index contributed by atoms with van der Waals surface area (Å²) < 4.78 is 42.6. The molecule has 0 aromatic heterocycles. The van der Waals surface area contributed by atoms with Crippen LogP contribution in [0.3, 0.4) is 0 Å². The zero-order chi connectivity index (χ0) is 39.2. The maximum Gasteiger partial charge on any atom is 0.417 e. The third kappa shape index (κ3) is 9.48. The minimum absolute atomic E-state index is 0.0316. The molecule has 3 heterocycles. The Labute approximate surface area is 324 Å². The van der Waals surface area contributed by atoms with Gasteiger partial charge < -0.3 is 43.4 Å². The Balaban J connectivity index is 1.28. The fraction of sp³-hybridized carbons (Fsp3) is 0.575. The molecular weight excluding hydrogens is 766 g/mol. The number of hydrogen-bond acceptors (Lipinski definition) is 12. The van der Waals surface area contributed by atoms with Crippen LogP contribution in [-0.4, -0.2) is 107 Å². The minimum Gasteiger partial charge on any atom is -0.441 e. The first-order valence-electron chi connectivity index (χ1n) is 18.3. The molecule has 2 fully saturated rings. The average molecular weight is 819 g/mol. The number of carbonyl (C=O) groups is 3. The molecule has 2 aromatic carbocycles. The molecule has 3 aliphatic heterocycles. The van der Waals surface area contributed by atoms with Gasteiger partial charge in [-0.25, -0.2) is 9.69 Å². The van der Waals surface area contributed by atoms with Crippen molar-refractivity contribution in [2.45, 2.75) is 115 Å². The average Bonchev–Trinajstić information content (AvgIpc) is 3.41. The van der Waals surface area contributed by atoms with Gasteiger partial charge in [0.1, 0.15) is 36.1 Å². The van der Waals surface area contributed by atoms with Gasteiger partial charge in [0.2, 0.25) is 5.91 Å². The Morgan fingerprint density at radius 2 is 1.52 bits per heavy atom. The highest BCUT2D eigenvalue weighted by atomic mass is 79.9. The lowest BCUT2D eigenvalue weighted by Gasteiger charge is -2.45. The number of methoxy groups -OCH3 is 1. The molecule has 9 unspecified atom stereocenters. The van der Waals surface area contributed by atoms with E-state index in [-0.39, 0.29) is 49.7 Å². The topological polar surface area (TPSA) is 160 Å². The predicted octanol–water partition coefficient (Wildman–Crippen LogP) is 5.04. The van der Waals surface area contributed by atoms with E-state index in [1.165, 1.54) is 20.1 Å². The van der Waals surface area contributed by atoms with Gasteiger partial charge in [-0.05, 0) is 59.3 Å². The summed E-state index contributed by atoms with van der Waals surface area (Å²) in [5.41, 5.74) is 0.929. The van der Waals surface area contributed by atoms with E-state index in [1.54, 1.807) is 13.8 Å². The summed E-state index contributed by atoms with van der Waals surface area (Å²) in [4.78, 5) is 40.9. The van der Waals surface area contributed by atoms with Crippen LogP contribution in [0, 0.1) is 11.8 Å². The van der Waals surface area contributed by atoms with Gasteiger partial charge in [-0.3, -0.25) is 9.59 Å². The van der Waals surface area contributed by atoms with Crippen molar-refractivity contribution in [3.05, 3.63) is 82.3 Å². The minimum atomic E-state index is -1.98. The second kappa shape index (κ2) is 18.3. The van der Waals surface area contributed by atoms with Crippen LogP contribution in [0.4, 0.5) is 4.79 Å². The standard InChI is InChI=1S/C40H52BrNO12/c1-24(2)35-39(4,5)54-38(46)42(35)36(45)25(3)31-28(44)20-30(41)40(47,53-31)18-13-19-49-34-33(51-23-27-16-11-8-12-17-27)32(29(21-43)52-37(34)48-6)50-22-26-14-9-7-10-15-26/h7-12,14-17,20,24-25,29,31-35,37,43,47H,13,18-19,21-23H2,1-6H3. The highest BCUT2D eigenvalue weighted by Gasteiger charge is 2.55. The van der Waals surface area contributed by atoms with E-state index >= 15 is 0 Å². The van der Waals surface area contributed by atoms with E-state index in [4.69, 9.17) is 33.2 Å². The Hall–Kier alpha value is -3.05. The van der Waals surface area contributed by atoms with E-state index in [9.17, 15) is 24.6 Å². The molecule has 3 aliphatic rings.